The molecule has 0 radical (unpaired) electrons. The highest BCUT2D eigenvalue weighted by atomic mass is 35.5. The first-order chi connectivity index (χ1) is 5.61. The van der Waals surface area contributed by atoms with Crippen molar-refractivity contribution in [1.29, 1.82) is 0 Å². The van der Waals surface area contributed by atoms with Crippen LogP contribution in [-0.4, -0.2) is 0 Å². The van der Waals surface area contributed by atoms with E-state index in [0.29, 0.717) is 0 Å². The number of rotatable bonds is 1. The van der Waals surface area contributed by atoms with Crippen molar-refractivity contribution in [2.24, 2.45) is 0 Å². The summed E-state index contributed by atoms with van der Waals surface area (Å²) in [5.74, 6) is -1.02. The van der Waals surface area contributed by atoms with Crippen molar-refractivity contribution < 1.29 is 8.78 Å². The van der Waals surface area contributed by atoms with E-state index in [9.17, 15) is 8.78 Å². The zero-order chi connectivity index (χ0) is 9.14. The fourth-order valence-corrected chi connectivity index (χ4v) is 0.918. The lowest BCUT2D eigenvalue weighted by atomic mass is 10.1. The predicted molar refractivity (Wildman–Crippen MR) is 46.2 cm³/mol. The van der Waals surface area contributed by atoms with E-state index in [1.807, 2.05) is 6.92 Å². The van der Waals surface area contributed by atoms with Crippen molar-refractivity contribution in [1.82, 2.24) is 0 Å². The second kappa shape index (κ2) is 3.68. The average molecular weight is 189 g/mol. The predicted octanol–water partition coefficient (Wildman–Crippen LogP) is 3.80. The molecule has 0 heterocycles. The standard InChI is InChI=1S/C9H7ClF2/c1-6-2-4-7(5-3-6)8(11)9(10)12/h2-5H,1H3/b9-8+. The molecule has 0 bridgehead atoms. The Morgan fingerprint density at radius 1 is 1.17 bits per heavy atom. The van der Waals surface area contributed by atoms with Crippen molar-refractivity contribution in [3.63, 3.8) is 0 Å². The lowest BCUT2D eigenvalue weighted by Crippen LogP contribution is -1.79. The summed E-state index contributed by atoms with van der Waals surface area (Å²) in [6, 6.07) is 6.34. The fourth-order valence-electron chi connectivity index (χ4n) is 0.809. The van der Waals surface area contributed by atoms with Gasteiger partial charge in [-0.25, -0.2) is 4.39 Å². The van der Waals surface area contributed by atoms with Gasteiger partial charge in [0.05, 0.1) is 0 Å². The van der Waals surface area contributed by atoms with E-state index in [0.717, 1.165) is 5.56 Å². The van der Waals surface area contributed by atoms with Gasteiger partial charge in [0.2, 0.25) is 5.29 Å². The molecule has 1 aromatic rings. The van der Waals surface area contributed by atoms with Gasteiger partial charge in [0, 0.05) is 5.56 Å². The van der Waals surface area contributed by atoms with Crippen LogP contribution in [-0.2, 0) is 0 Å². The second-order valence-corrected chi connectivity index (χ2v) is 2.77. The van der Waals surface area contributed by atoms with Gasteiger partial charge in [-0.3, -0.25) is 0 Å². The van der Waals surface area contributed by atoms with Crippen molar-refractivity contribution >= 4 is 17.4 Å². The highest BCUT2D eigenvalue weighted by Gasteiger charge is 2.05. The zero-order valence-electron chi connectivity index (χ0n) is 6.44. The van der Waals surface area contributed by atoms with Crippen LogP contribution in [0.15, 0.2) is 29.6 Å². The molecular formula is C9H7ClF2. The quantitative estimate of drug-likeness (QED) is 0.629. The summed E-state index contributed by atoms with van der Waals surface area (Å²) in [5, 5.41) is -1.31. The molecule has 0 aromatic heterocycles. The Kier molecular flexibility index (Phi) is 2.82. The molecule has 1 rings (SSSR count). The first-order valence-corrected chi connectivity index (χ1v) is 3.77. The molecule has 3 heteroatoms. The van der Waals surface area contributed by atoms with Gasteiger partial charge in [0.25, 0.3) is 0 Å². The lowest BCUT2D eigenvalue weighted by Gasteiger charge is -1.97. The van der Waals surface area contributed by atoms with Gasteiger partial charge in [0.1, 0.15) is 0 Å². The van der Waals surface area contributed by atoms with Crippen molar-refractivity contribution in [3.8, 4) is 0 Å². The second-order valence-electron chi connectivity index (χ2n) is 2.44. The van der Waals surface area contributed by atoms with E-state index in [1.165, 1.54) is 12.1 Å². The van der Waals surface area contributed by atoms with Crippen LogP contribution in [0.3, 0.4) is 0 Å². The summed E-state index contributed by atoms with van der Waals surface area (Å²) in [4.78, 5) is 0. The van der Waals surface area contributed by atoms with Crippen LogP contribution in [0, 0.1) is 6.92 Å². The molecule has 0 unspecified atom stereocenters. The van der Waals surface area contributed by atoms with Crippen LogP contribution < -0.4 is 0 Å². The summed E-state index contributed by atoms with van der Waals surface area (Å²) in [5.41, 5.74) is 1.15. The molecule has 1 aromatic carbocycles. The summed E-state index contributed by atoms with van der Waals surface area (Å²) in [6.07, 6.45) is 0. The summed E-state index contributed by atoms with van der Waals surface area (Å²) in [6.45, 7) is 1.86. The largest absolute Gasteiger partial charge is 0.225 e. The first-order valence-electron chi connectivity index (χ1n) is 3.39. The monoisotopic (exact) mass is 188 g/mol. The Hall–Kier alpha value is -0.890. The van der Waals surface area contributed by atoms with Gasteiger partial charge in [-0.15, -0.1) is 0 Å². The number of aryl methyl sites for hydroxylation is 1. The third kappa shape index (κ3) is 2.05. The maximum Gasteiger partial charge on any atom is 0.225 e. The molecule has 0 saturated heterocycles. The van der Waals surface area contributed by atoms with Crippen molar-refractivity contribution in [3.05, 3.63) is 40.7 Å². The minimum atomic E-state index is -1.31. The van der Waals surface area contributed by atoms with Crippen LogP contribution in [0.5, 0.6) is 0 Å². The normalized spacial score (nSPS) is 12.7. The van der Waals surface area contributed by atoms with Gasteiger partial charge in [0.15, 0.2) is 5.83 Å². The summed E-state index contributed by atoms with van der Waals surface area (Å²) >= 11 is 4.84. The van der Waals surface area contributed by atoms with Crippen LogP contribution in [0.2, 0.25) is 0 Å². The van der Waals surface area contributed by atoms with Gasteiger partial charge in [-0.2, -0.15) is 4.39 Å². The van der Waals surface area contributed by atoms with Crippen LogP contribution in [0.1, 0.15) is 11.1 Å². The number of benzene rings is 1. The van der Waals surface area contributed by atoms with E-state index >= 15 is 0 Å². The van der Waals surface area contributed by atoms with Gasteiger partial charge < -0.3 is 0 Å². The molecule has 0 aliphatic carbocycles. The molecule has 0 aliphatic heterocycles. The average Bonchev–Trinajstić information content (AvgIpc) is 2.04. The molecule has 0 nitrogen and oxygen atoms in total. The van der Waals surface area contributed by atoms with E-state index in [4.69, 9.17) is 11.6 Å². The minimum absolute atomic E-state index is 0.160. The van der Waals surface area contributed by atoms with Crippen LogP contribution in [0.25, 0.3) is 5.83 Å². The maximum absolute atomic E-state index is 12.8. The van der Waals surface area contributed by atoms with E-state index in [1.54, 1.807) is 12.1 Å². The lowest BCUT2D eigenvalue weighted by molar-refractivity contribution is 0.651. The van der Waals surface area contributed by atoms with E-state index in [-0.39, 0.29) is 5.56 Å². The zero-order valence-corrected chi connectivity index (χ0v) is 7.20. The molecule has 12 heavy (non-hydrogen) atoms. The molecule has 0 amide bonds. The van der Waals surface area contributed by atoms with Gasteiger partial charge in [-0.05, 0) is 18.5 Å². The minimum Gasteiger partial charge on any atom is -0.202 e. The summed E-state index contributed by atoms with van der Waals surface area (Å²) < 4.78 is 24.9. The molecule has 0 aliphatic rings. The summed E-state index contributed by atoms with van der Waals surface area (Å²) in [7, 11) is 0. The molecule has 0 saturated carbocycles. The smallest absolute Gasteiger partial charge is 0.202 e. The topological polar surface area (TPSA) is 0 Å². The molecule has 0 fully saturated rings. The Labute approximate surface area is 74.5 Å². The highest BCUT2D eigenvalue weighted by molar-refractivity contribution is 6.30. The number of hydrogen-bond acceptors (Lipinski definition) is 0. The van der Waals surface area contributed by atoms with E-state index in [2.05, 4.69) is 0 Å². The van der Waals surface area contributed by atoms with Crippen LogP contribution in [0.4, 0.5) is 8.78 Å². The highest BCUT2D eigenvalue weighted by Crippen LogP contribution is 2.23. The number of hydrogen-bond donors (Lipinski definition) is 0. The molecule has 0 N–H and O–H groups in total. The fraction of sp³-hybridized carbons (Fsp3) is 0.111. The third-order valence-electron chi connectivity index (χ3n) is 1.47. The maximum atomic E-state index is 12.8. The molecular weight excluding hydrogens is 182 g/mol. The first kappa shape index (κ1) is 9.20. The molecule has 0 spiro atoms. The van der Waals surface area contributed by atoms with Crippen molar-refractivity contribution in [2.45, 2.75) is 6.92 Å². The third-order valence-corrected chi connectivity index (χ3v) is 1.64. The molecule has 64 valence electrons. The molecule has 0 atom stereocenters. The van der Waals surface area contributed by atoms with Crippen molar-refractivity contribution in [2.75, 3.05) is 0 Å². The Morgan fingerprint density at radius 2 is 1.67 bits per heavy atom. The Balaban J connectivity index is 3.06. The Bertz CT molecular complexity index is 297. The SMILES string of the molecule is Cc1ccc(/C(F)=C(\F)Cl)cc1. The van der Waals surface area contributed by atoms with E-state index < -0.39 is 11.1 Å². The van der Waals surface area contributed by atoms with Crippen LogP contribution >= 0.6 is 11.6 Å². The number of halogens is 3. The Morgan fingerprint density at radius 3 is 2.08 bits per heavy atom. The van der Waals surface area contributed by atoms with Gasteiger partial charge >= 0.3 is 0 Å². The van der Waals surface area contributed by atoms with Gasteiger partial charge in [-0.1, -0.05) is 29.8 Å².